The van der Waals surface area contributed by atoms with Gasteiger partial charge in [0.1, 0.15) is 0 Å². The number of carbonyl (C=O) groups is 1. The smallest absolute Gasteiger partial charge is 0.315 e. The van der Waals surface area contributed by atoms with Crippen LogP contribution in [0.25, 0.3) is 0 Å². The summed E-state index contributed by atoms with van der Waals surface area (Å²) in [5.74, 6) is 7.64. The van der Waals surface area contributed by atoms with E-state index in [1.807, 2.05) is 6.92 Å². The summed E-state index contributed by atoms with van der Waals surface area (Å²) in [6, 6.07) is 0. The van der Waals surface area contributed by atoms with Crippen molar-refractivity contribution in [1.82, 2.24) is 0 Å². The van der Waals surface area contributed by atoms with Crippen LogP contribution >= 0.6 is 9.21 Å². The molecule has 0 aromatic rings. The summed E-state index contributed by atoms with van der Waals surface area (Å²) in [6.45, 7) is 4.05. The van der Waals surface area contributed by atoms with E-state index in [9.17, 15) is 15.0 Å². The predicted molar refractivity (Wildman–Crippen MR) is 86.1 cm³/mol. The Bertz CT molecular complexity index is 376. The van der Waals surface area contributed by atoms with Gasteiger partial charge in [-0.3, -0.25) is 4.79 Å². The summed E-state index contributed by atoms with van der Waals surface area (Å²) in [6.07, 6.45) is 1.31. The van der Waals surface area contributed by atoms with Crippen molar-refractivity contribution in [2.75, 3.05) is 32.2 Å². The van der Waals surface area contributed by atoms with Gasteiger partial charge in [0.25, 0.3) is 0 Å². The molecule has 0 rings (SSSR count). The van der Waals surface area contributed by atoms with Crippen molar-refractivity contribution in [2.24, 2.45) is 5.41 Å². The van der Waals surface area contributed by atoms with Crippen LogP contribution < -0.4 is 0 Å². The molecule has 0 aromatic heterocycles. The number of carboxylic acid groups (broad SMARTS) is 1. The SMILES string of the molecule is C=S(=C)(CCCOCC(CC)(CO)CO)C(C)C(=O)O. The Kier molecular flexibility index (Phi) is 8.42. The van der Waals surface area contributed by atoms with E-state index >= 15 is 0 Å². The second-order valence-electron chi connectivity index (χ2n) is 5.37. The van der Waals surface area contributed by atoms with Crippen LogP contribution in [0.15, 0.2) is 0 Å². The standard InChI is InChI=1S/C14H28O5S/c1-5-14(9-15,10-16)11-19-7-6-8-20(3,4)12(2)13(17)18/h12,15-16H,3-11H2,1-2H3,(H,17,18). The Morgan fingerprint density at radius 1 is 1.35 bits per heavy atom. The molecule has 0 radical (unpaired) electrons. The number of rotatable bonds is 11. The molecule has 6 heteroatoms. The molecule has 0 aliphatic rings. The van der Waals surface area contributed by atoms with Crippen LogP contribution in [0, 0.1) is 5.41 Å². The van der Waals surface area contributed by atoms with Crippen LogP contribution in [-0.4, -0.2) is 70.5 Å². The number of aliphatic hydroxyl groups is 2. The Balaban J connectivity index is 4.13. The molecule has 0 aliphatic heterocycles. The average Bonchev–Trinajstić information content (AvgIpc) is 2.42. The topological polar surface area (TPSA) is 87.0 Å². The lowest BCUT2D eigenvalue weighted by molar-refractivity contribution is -0.136. The van der Waals surface area contributed by atoms with Gasteiger partial charge in [-0.05, 0) is 25.5 Å². The van der Waals surface area contributed by atoms with E-state index in [-0.39, 0.29) is 13.2 Å². The van der Waals surface area contributed by atoms with E-state index in [0.29, 0.717) is 31.8 Å². The second-order valence-corrected chi connectivity index (χ2v) is 8.71. The van der Waals surface area contributed by atoms with Crippen LogP contribution in [-0.2, 0) is 9.53 Å². The first-order valence-corrected chi connectivity index (χ1v) is 8.93. The third-order valence-electron chi connectivity index (χ3n) is 3.77. The minimum absolute atomic E-state index is 0.115. The molecule has 0 saturated heterocycles. The highest BCUT2D eigenvalue weighted by Crippen LogP contribution is 2.27. The fourth-order valence-corrected chi connectivity index (χ4v) is 3.07. The quantitative estimate of drug-likeness (QED) is 0.390. The van der Waals surface area contributed by atoms with Crippen LogP contribution in [0.3, 0.4) is 0 Å². The molecule has 120 valence electrons. The minimum Gasteiger partial charge on any atom is -0.480 e. The van der Waals surface area contributed by atoms with Crippen LogP contribution in [0.4, 0.5) is 0 Å². The first-order chi connectivity index (χ1) is 9.24. The highest BCUT2D eigenvalue weighted by atomic mass is 32.2. The minimum atomic E-state index is -1.67. The van der Waals surface area contributed by atoms with Gasteiger partial charge in [0.15, 0.2) is 0 Å². The summed E-state index contributed by atoms with van der Waals surface area (Å²) in [5.41, 5.74) is -0.590. The number of ether oxygens (including phenoxy) is 1. The maximum absolute atomic E-state index is 10.9. The molecule has 0 fully saturated rings. The van der Waals surface area contributed by atoms with Crippen molar-refractivity contribution < 1.29 is 24.9 Å². The number of hydrogen-bond acceptors (Lipinski definition) is 4. The molecule has 1 unspecified atom stereocenters. The molecule has 0 aliphatic carbocycles. The largest absolute Gasteiger partial charge is 0.480 e. The van der Waals surface area contributed by atoms with Crippen molar-refractivity contribution in [3.05, 3.63) is 0 Å². The first kappa shape index (κ1) is 19.4. The Morgan fingerprint density at radius 3 is 2.30 bits per heavy atom. The second kappa shape index (κ2) is 8.67. The number of hydrogen-bond donors (Lipinski definition) is 3. The Labute approximate surface area is 122 Å². The normalized spacial score (nSPS) is 14.2. The van der Waals surface area contributed by atoms with Crippen LogP contribution in [0.1, 0.15) is 26.7 Å². The van der Waals surface area contributed by atoms with Crippen molar-refractivity contribution >= 4 is 26.9 Å². The summed E-state index contributed by atoms with van der Waals surface area (Å²) in [4.78, 5) is 10.9. The molecular formula is C14H28O5S. The number of aliphatic hydroxyl groups excluding tert-OH is 2. The average molecular weight is 308 g/mol. The van der Waals surface area contributed by atoms with Gasteiger partial charge in [0, 0.05) is 12.0 Å². The van der Waals surface area contributed by atoms with E-state index in [0.717, 1.165) is 0 Å². The highest BCUT2D eigenvalue weighted by molar-refractivity contribution is 8.28. The van der Waals surface area contributed by atoms with E-state index in [1.54, 1.807) is 6.92 Å². The zero-order chi connectivity index (χ0) is 15.8. The van der Waals surface area contributed by atoms with Crippen molar-refractivity contribution in [1.29, 1.82) is 0 Å². The van der Waals surface area contributed by atoms with E-state index in [4.69, 9.17) is 9.84 Å². The van der Waals surface area contributed by atoms with Crippen molar-refractivity contribution in [2.45, 2.75) is 31.9 Å². The Morgan fingerprint density at radius 2 is 1.90 bits per heavy atom. The number of carboxylic acids is 1. The third kappa shape index (κ3) is 5.83. The molecule has 5 nitrogen and oxygen atoms in total. The zero-order valence-electron chi connectivity index (χ0n) is 12.5. The van der Waals surface area contributed by atoms with Gasteiger partial charge in [0.05, 0.1) is 25.1 Å². The summed E-state index contributed by atoms with van der Waals surface area (Å²) in [5, 5.41) is 27.0. The van der Waals surface area contributed by atoms with Crippen LogP contribution in [0.5, 0.6) is 0 Å². The molecule has 3 N–H and O–H groups in total. The fraction of sp³-hybridized carbons (Fsp3) is 0.786. The fourth-order valence-electron chi connectivity index (χ4n) is 1.59. The molecule has 0 aromatic carbocycles. The van der Waals surface area contributed by atoms with Crippen LogP contribution in [0.2, 0.25) is 0 Å². The van der Waals surface area contributed by atoms with Gasteiger partial charge < -0.3 is 20.1 Å². The van der Waals surface area contributed by atoms with Gasteiger partial charge in [-0.2, -0.15) is 0 Å². The van der Waals surface area contributed by atoms with Crippen molar-refractivity contribution in [3.63, 3.8) is 0 Å². The van der Waals surface area contributed by atoms with E-state index < -0.39 is 25.8 Å². The monoisotopic (exact) mass is 308 g/mol. The van der Waals surface area contributed by atoms with Gasteiger partial charge in [0.2, 0.25) is 0 Å². The highest BCUT2D eigenvalue weighted by Gasteiger charge is 2.26. The molecule has 0 heterocycles. The van der Waals surface area contributed by atoms with Gasteiger partial charge >= 0.3 is 5.97 Å². The predicted octanol–water partition coefficient (Wildman–Crippen LogP) is 0.916. The van der Waals surface area contributed by atoms with Gasteiger partial charge in [-0.15, -0.1) is 0 Å². The third-order valence-corrected chi connectivity index (χ3v) is 6.57. The summed E-state index contributed by atoms with van der Waals surface area (Å²) < 4.78 is 5.50. The maximum atomic E-state index is 10.9. The molecule has 0 bridgehead atoms. The molecular weight excluding hydrogens is 280 g/mol. The molecule has 20 heavy (non-hydrogen) atoms. The lowest BCUT2D eigenvalue weighted by Gasteiger charge is -2.28. The van der Waals surface area contributed by atoms with Crippen molar-refractivity contribution in [3.8, 4) is 0 Å². The van der Waals surface area contributed by atoms with Gasteiger partial charge in [-0.1, -0.05) is 18.7 Å². The lowest BCUT2D eigenvalue weighted by atomic mass is 9.88. The zero-order valence-corrected chi connectivity index (χ0v) is 13.3. The molecule has 0 saturated carbocycles. The lowest BCUT2D eigenvalue weighted by Crippen LogP contribution is -2.34. The maximum Gasteiger partial charge on any atom is 0.315 e. The van der Waals surface area contributed by atoms with E-state index in [2.05, 4.69) is 11.7 Å². The Hall–Kier alpha value is -0.560. The molecule has 0 spiro atoms. The number of aliphatic carboxylic acids is 1. The first-order valence-electron chi connectivity index (χ1n) is 6.73. The molecule has 0 amide bonds. The molecule has 1 atom stereocenters. The summed E-state index contributed by atoms with van der Waals surface area (Å²) in [7, 11) is -1.67. The van der Waals surface area contributed by atoms with Gasteiger partial charge in [-0.25, -0.2) is 9.21 Å². The summed E-state index contributed by atoms with van der Waals surface area (Å²) >= 11 is 0. The van der Waals surface area contributed by atoms with E-state index in [1.165, 1.54) is 0 Å².